The van der Waals surface area contributed by atoms with Gasteiger partial charge in [0, 0.05) is 12.2 Å². The van der Waals surface area contributed by atoms with Gasteiger partial charge in [0.1, 0.15) is 12.4 Å². The van der Waals surface area contributed by atoms with Gasteiger partial charge in [-0.15, -0.1) is 0 Å². The Morgan fingerprint density at radius 1 is 1.21 bits per heavy atom. The summed E-state index contributed by atoms with van der Waals surface area (Å²) in [6.45, 7) is 0.641. The van der Waals surface area contributed by atoms with E-state index in [0.29, 0.717) is 12.5 Å². The van der Waals surface area contributed by atoms with Crippen molar-refractivity contribution in [3.63, 3.8) is 0 Å². The molecule has 0 saturated carbocycles. The standard InChI is InChI=1S/C12H13N5O2/c13-10-3-1-9(2-4-10)5-6-14-12-15-7-11(8-16-12)17(18)19/h1-4,7-8H,5-6,13H2,(H,14,15,16). The summed E-state index contributed by atoms with van der Waals surface area (Å²) in [5.74, 6) is 0.376. The number of nitrogens with zero attached hydrogens (tertiary/aromatic N) is 3. The van der Waals surface area contributed by atoms with E-state index in [1.54, 1.807) is 0 Å². The summed E-state index contributed by atoms with van der Waals surface area (Å²) < 4.78 is 0. The van der Waals surface area contributed by atoms with Gasteiger partial charge >= 0.3 is 5.69 Å². The number of anilines is 2. The van der Waals surface area contributed by atoms with Crippen LogP contribution in [0.25, 0.3) is 0 Å². The molecule has 0 amide bonds. The number of hydrogen-bond donors (Lipinski definition) is 2. The molecule has 1 heterocycles. The molecule has 3 N–H and O–H groups in total. The minimum absolute atomic E-state index is 0.121. The largest absolute Gasteiger partial charge is 0.399 e. The van der Waals surface area contributed by atoms with Gasteiger partial charge in [-0.1, -0.05) is 12.1 Å². The number of nitrogen functional groups attached to an aromatic ring is 1. The summed E-state index contributed by atoms with van der Waals surface area (Å²) in [5.41, 5.74) is 7.35. The first-order chi connectivity index (χ1) is 9.15. The molecular formula is C12H13N5O2. The lowest BCUT2D eigenvalue weighted by Crippen LogP contribution is -2.08. The third-order valence-corrected chi connectivity index (χ3v) is 2.53. The predicted molar refractivity (Wildman–Crippen MR) is 71.7 cm³/mol. The normalized spacial score (nSPS) is 10.1. The van der Waals surface area contributed by atoms with Crippen LogP contribution in [0.1, 0.15) is 5.56 Å². The molecule has 7 heteroatoms. The van der Waals surface area contributed by atoms with Gasteiger partial charge in [0.15, 0.2) is 0 Å². The SMILES string of the molecule is Nc1ccc(CCNc2ncc([N+](=O)[O-])cn2)cc1. The highest BCUT2D eigenvalue weighted by Gasteiger charge is 2.05. The number of nitrogens with one attached hydrogen (secondary N) is 1. The molecule has 2 aromatic rings. The second-order valence-electron chi connectivity index (χ2n) is 3.94. The van der Waals surface area contributed by atoms with E-state index in [9.17, 15) is 10.1 Å². The molecule has 0 aliphatic heterocycles. The topological polar surface area (TPSA) is 107 Å². The minimum Gasteiger partial charge on any atom is -0.399 e. The van der Waals surface area contributed by atoms with Crippen LogP contribution in [0.4, 0.5) is 17.3 Å². The Hall–Kier alpha value is -2.70. The van der Waals surface area contributed by atoms with Crippen molar-refractivity contribution < 1.29 is 4.92 Å². The molecule has 98 valence electrons. The van der Waals surface area contributed by atoms with E-state index in [1.165, 1.54) is 12.4 Å². The van der Waals surface area contributed by atoms with Crippen LogP contribution in [0.5, 0.6) is 0 Å². The van der Waals surface area contributed by atoms with Gasteiger partial charge in [0.05, 0.1) is 4.92 Å². The van der Waals surface area contributed by atoms with Crippen molar-refractivity contribution in [2.75, 3.05) is 17.6 Å². The van der Waals surface area contributed by atoms with E-state index in [1.807, 2.05) is 24.3 Å². The van der Waals surface area contributed by atoms with Gasteiger partial charge in [-0.25, -0.2) is 9.97 Å². The number of nitrogens with two attached hydrogens (primary N) is 1. The highest BCUT2D eigenvalue weighted by molar-refractivity contribution is 5.39. The van der Waals surface area contributed by atoms with E-state index < -0.39 is 4.92 Å². The minimum atomic E-state index is -0.530. The molecule has 1 aromatic carbocycles. The lowest BCUT2D eigenvalue weighted by atomic mass is 10.1. The Balaban J connectivity index is 1.85. The van der Waals surface area contributed by atoms with Gasteiger partial charge in [-0.05, 0) is 24.1 Å². The Morgan fingerprint density at radius 3 is 2.42 bits per heavy atom. The van der Waals surface area contributed by atoms with E-state index in [2.05, 4.69) is 15.3 Å². The van der Waals surface area contributed by atoms with Crippen LogP contribution in [0, 0.1) is 10.1 Å². The molecule has 0 atom stereocenters. The second-order valence-corrected chi connectivity index (χ2v) is 3.94. The van der Waals surface area contributed by atoms with Crippen molar-refractivity contribution in [3.05, 3.63) is 52.3 Å². The Labute approximate surface area is 109 Å². The van der Waals surface area contributed by atoms with Crippen molar-refractivity contribution in [1.29, 1.82) is 0 Å². The van der Waals surface area contributed by atoms with E-state index in [-0.39, 0.29) is 5.69 Å². The highest BCUT2D eigenvalue weighted by Crippen LogP contribution is 2.09. The molecular weight excluding hydrogens is 246 g/mol. The molecule has 1 aromatic heterocycles. The summed E-state index contributed by atoms with van der Waals surface area (Å²) in [5, 5.41) is 13.4. The van der Waals surface area contributed by atoms with Crippen molar-refractivity contribution in [2.24, 2.45) is 0 Å². The van der Waals surface area contributed by atoms with Gasteiger partial charge in [-0.3, -0.25) is 10.1 Å². The number of aromatic nitrogens is 2. The third kappa shape index (κ3) is 3.63. The Bertz CT molecular complexity index is 553. The second kappa shape index (κ2) is 5.76. The number of hydrogen-bond acceptors (Lipinski definition) is 6. The average Bonchev–Trinajstić information content (AvgIpc) is 2.41. The summed E-state index contributed by atoms with van der Waals surface area (Å²) in [6.07, 6.45) is 3.15. The summed E-state index contributed by atoms with van der Waals surface area (Å²) >= 11 is 0. The van der Waals surface area contributed by atoms with Crippen molar-refractivity contribution in [2.45, 2.75) is 6.42 Å². The van der Waals surface area contributed by atoms with Crippen molar-refractivity contribution in [3.8, 4) is 0 Å². The van der Waals surface area contributed by atoms with Gasteiger partial charge < -0.3 is 11.1 Å². The van der Waals surface area contributed by atoms with Crippen LogP contribution in [-0.2, 0) is 6.42 Å². The zero-order valence-electron chi connectivity index (χ0n) is 10.1. The van der Waals surface area contributed by atoms with Crippen LogP contribution in [0.3, 0.4) is 0 Å². The monoisotopic (exact) mass is 259 g/mol. The molecule has 0 aliphatic carbocycles. The lowest BCUT2D eigenvalue weighted by molar-refractivity contribution is -0.385. The van der Waals surface area contributed by atoms with Crippen molar-refractivity contribution in [1.82, 2.24) is 9.97 Å². The number of benzene rings is 1. The fourth-order valence-corrected chi connectivity index (χ4v) is 1.51. The summed E-state index contributed by atoms with van der Waals surface area (Å²) in [7, 11) is 0. The first kappa shape index (κ1) is 12.7. The zero-order chi connectivity index (χ0) is 13.7. The van der Waals surface area contributed by atoms with Crippen LogP contribution < -0.4 is 11.1 Å². The van der Waals surface area contributed by atoms with E-state index in [4.69, 9.17) is 5.73 Å². The van der Waals surface area contributed by atoms with Gasteiger partial charge in [-0.2, -0.15) is 0 Å². The molecule has 0 saturated heterocycles. The smallest absolute Gasteiger partial charge is 0.305 e. The molecule has 0 unspecified atom stereocenters. The molecule has 0 fully saturated rings. The lowest BCUT2D eigenvalue weighted by Gasteiger charge is -2.04. The third-order valence-electron chi connectivity index (χ3n) is 2.53. The van der Waals surface area contributed by atoms with Crippen molar-refractivity contribution >= 4 is 17.3 Å². The van der Waals surface area contributed by atoms with Crippen LogP contribution in [-0.4, -0.2) is 21.4 Å². The maximum absolute atomic E-state index is 10.4. The van der Waals surface area contributed by atoms with Gasteiger partial charge in [0.25, 0.3) is 0 Å². The molecule has 19 heavy (non-hydrogen) atoms. The highest BCUT2D eigenvalue weighted by atomic mass is 16.6. The van der Waals surface area contributed by atoms with Crippen LogP contribution in [0.15, 0.2) is 36.7 Å². The molecule has 0 aliphatic rings. The average molecular weight is 259 g/mol. The Kier molecular flexibility index (Phi) is 3.87. The maximum Gasteiger partial charge on any atom is 0.305 e. The fraction of sp³-hybridized carbons (Fsp3) is 0.167. The quantitative estimate of drug-likeness (QED) is 0.480. The predicted octanol–water partition coefficient (Wildman–Crippen LogP) is 1.62. The zero-order valence-corrected chi connectivity index (χ0v) is 10.1. The first-order valence-electron chi connectivity index (χ1n) is 5.70. The van der Waals surface area contributed by atoms with Crippen LogP contribution >= 0.6 is 0 Å². The number of rotatable bonds is 5. The number of nitro groups is 1. The molecule has 7 nitrogen and oxygen atoms in total. The Morgan fingerprint density at radius 2 is 1.84 bits per heavy atom. The van der Waals surface area contributed by atoms with E-state index >= 15 is 0 Å². The first-order valence-corrected chi connectivity index (χ1v) is 5.70. The summed E-state index contributed by atoms with van der Waals surface area (Å²) in [4.78, 5) is 17.6. The van der Waals surface area contributed by atoms with Crippen LogP contribution in [0.2, 0.25) is 0 Å². The van der Waals surface area contributed by atoms with Gasteiger partial charge in [0.2, 0.25) is 5.95 Å². The molecule has 0 bridgehead atoms. The molecule has 2 rings (SSSR count). The summed E-state index contributed by atoms with van der Waals surface area (Å²) in [6, 6.07) is 7.59. The van der Waals surface area contributed by atoms with E-state index in [0.717, 1.165) is 17.7 Å². The maximum atomic E-state index is 10.4. The molecule has 0 radical (unpaired) electrons. The fourth-order valence-electron chi connectivity index (χ4n) is 1.51. The molecule has 0 spiro atoms.